The number of para-hydroxylation sites is 2. The van der Waals surface area contributed by atoms with Gasteiger partial charge in [-0.15, -0.1) is 10.2 Å². The van der Waals surface area contributed by atoms with Gasteiger partial charge >= 0.3 is 0 Å². The SMILES string of the molecule is Cc1nnc(-c2ccc(C=Cc3ccc(-c4nc5ccccc5o4)cc3)cc2)o1. The Morgan fingerprint density at radius 2 is 1.28 bits per heavy atom. The van der Waals surface area contributed by atoms with Crippen molar-refractivity contribution in [3.05, 3.63) is 89.8 Å². The Morgan fingerprint density at radius 1 is 0.655 bits per heavy atom. The largest absolute Gasteiger partial charge is 0.436 e. The average Bonchev–Trinajstić information content (AvgIpc) is 3.39. The fraction of sp³-hybridized carbons (Fsp3) is 0.0417. The molecule has 5 heteroatoms. The number of aryl methyl sites for hydroxylation is 1. The summed E-state index contributed by atoms with van der Waals surface area (Å²) in [6.45, 7) is 1.78. The van der Waals surface area contributed by atoms with Gasteiger partial charge in [-0.25, -0.2) is 4.98 Å². The van der Waals surface area contributed by atoms with Crippen LogP contribution in [0.5, 0.6) is 0 Å². The molecular weight excluding hydrogens is 362 g/mol. The lowest BCUT2D eigenvalue weighted by atomic mass is 10.1. The summed E-state index contributed by atoms with van der Waals surface area (Å²) in [7, 11) is 0. The molecule has 0 unspecified atom stereocenters. The monoisotopic (exact) mass is 379 g/mol. The van der Waals surface area contributed by atoms with Gasteiger partial charge < -0.3 is 8.83 Å². The molecular formula is C24H17N3O2. The van der Waals surface area contributed by atoms with Crippen molar-refractivity contribution >= 4 is 23.3 Å². The van der Waals surface area contributed by atoms with E-state index in [1.165, 1.54) is 0 Å². The average molecular weight is 379 g/mol. The maximum Gasteiger partial charge on any atom is 0.247 e. The first-order valence-corrected chi connectivity index (χ1v) is 9.29. The van der Waals surface area contributed by atoms with Crippen molar-refractivity contribution in [2.24, 2.45) is 0 Å². The minimum absolute atomic E-state index is 0.535. The molecule has 0 atom stereocenters. The third kappa shape index (κ3) is 3.58. The molecule has 2 heterocycles. The smallest absolute Gasteiger partial charge is 0.247 e. The summed E-state index contributed by atoms with van der Waals surface area (Å²) in [4.78, 5) is 4.54. The zero-order valence-electron chi connectivity index (χ0n) is 15.7. The van der Waals surface area contributed by atoms with Crippen LogP contribution in [0, 0.1) is 6.92 Å². The van der Waals surface area contributed by atoms with Crippen LogP contribution < -0.4 is 0 Å². The van der Waals surface area contributed by atoms with Crippen LogP contribution in [0.25, 0.3) is 46.2 Å². The van der Waals surface area contributed by atoms with Crippen LogP contribution >= 0.6 is 0 Å². The molecule has 29 heavy (non-hydrogen) atoms. The van der Waals surface area contributed by atoms with E-state index < -0.39 is 0 Å². The number of rotatable bonds is 4. The van der Waals surface area contributed by atoms with Gasteiger partial charge in [0.2, 0.25) is 17.7 Å². The lowest BCUT2D eigenvalue weighted by Crippen LogP contribution is -1.80. The van der Waals surface area contributed by atoms with Crippen LogP contribution in [0.2, 0.25) is 0 Å². The Bertz CT molecular complexity index is 1260. The minimum Gasteiger partial charge on any atom is -0.436 e. The van der Waals surface area contributed by atoms with Gasteiger partial charge in [0.15, 0.2) is 5.58 Å². The molecule has 0 aliphatic carbocycles. The van der Waals surface area contributed by atoms with Gasteiger partial charge in [-0.05, 0) is 47.5 Å². The lowest BCUT2D eigenvalue weighted by molar-refractivity contribution is 0.533. The molecule has 140 valence electrons. The predicted molar refractivity (Wildman–Crippen MR) is 113 cm³/mol. The first kappa shape index (κ1) is 17.1. The molecule has 0 aliphatic rings. The van der Waals surface area contributed by atoms with Crippen LogP contribution in [0.4, 0.5) is 0 Å². The van der Waals surface area contributed by atoms with Gasteiger partial charge in [0.25, 0.3) is 0 Å². The molecule has 0 saturated heterocycles. The topological polar surface area (TPSA) is 65.0 Å². The van der Waals surface area contributed by atoms with E-state index in [9.17, 15) is 0 Å². The predicted octanol–water partition coefficient (Wildman–Crippen LogP) is 6.02. The molecule has 2 aromatic heterocycles. The molecule has 0 aliphatic heterocycles. The molecule has 0 saturated carbocycles. The molecule has 5 rings (SSSR count). The lowest BCUT2D eigenvalue weighted by Gasteiger charge is -1.99. The standard InChI is InChI=1S/C24H17N3O2/c1-16-26-27-24(28-16)20-14-10-18(11-15-20)7-6-17-8-12-19(13-9-17)23-25-21-4-2-3-5-22(21)29-23/h2-15H,1H3. The summed E-state index contributed by atoms with van der Waals surface area (Å²) in [5.41, 5.74) is 5.72. The number of benzene rings is 3. The van der Waals surface area contributed by atoms with E-state index in [1.54, 1.807) is 6.92 Å². The maximum atomic E-state index is 5.83. The van der Waals surface area contributed by atoms with Gasteiger partial charge in [0.05, 0.1) is 0 Å². The normalized spacial score (nSPS) is 11.5. The van der Waals surface area contributed by atoms with Crippen molar-refractivity contribution in [3.8, 4) is 22.9 Å². The second-order valence-corrected chi connectivity index (χ2v) is 6.69. The van der Waals surface area contributed by atoms with Gasteiger partial charge in [-0.2, -0.15) is 0 Å². The summed E-state index contributed by atoms with van der Waals surface area (Å²) in [5, 5.41) is 7.90. The highest BCUT2D eigenvalue weighted by Gasteiger charge is 2.07. The first-order valence-electron chi connectivity index (χ1n) is 9.29. The van der Waals surface area contributed by atoms with Crippen LogP contribution in [0.15, 0.2) is 81.6 Å². The van der Waals surface area contributed by atoms with Crippen molar-refractivity contribution in [1.29, 1.82) is 0 Å². The number of oxazole rings is 1. The Labute approximate surface area is 167 Å². The maximum absolute atomic E-state index is 5.83. The Kier molecular flexibility index (Phi) is 4.26. The molecule has 0 bridgehead atoms. The van der Waals surface area contributed by atoms with E-state index in [4.69, 9.17) is 8.83 Å². The fourth-order valence-corrected chi connectivity index (χ4v) is 3.07. The Balaban J connectivity index is 1.32. The zero-order valence-corrected chi connectivity index (χ0v) is 15.7. The van der Waals surface area contributed by atoms with E-state index in [0.717, 1.165) is 33.4 Å². The van der Waals surface area contributed by atoms with E-state index >= 15 is 0 Å². The summed E-state index contributed by atoms with van der Waals surface area (Å²) >= 11 is 0. The molecule has 0 N–H and O–H groups in total. The number of hydrogen-bond acceptors (Lipinski definition) is 5. The van der Waals surface area contributed by atoms with Crippen molar-refractivity contribution < 1.29 is 8.83 Å². The van der Waals surface area contributed by atoms with Gasteiger partial charge in [-0.1, -0.05) is 48.6 Å². The molecule has 0 spiro atoms. The number of aromatic nitrogens is 3. The molecule has 5 nitrogen and oxygen atoms in total. The van der Waals surface area contributed by atoms with Crippen LogP contribution in [0.3, 0.4) is 0 Å². The number of fused-ring (bicyclic) bond motifs is 1. The van der Waals surface area contributed by atoms with Crippen molar-refractivity contribution in [2.45, 2.75) is 6.92 Å². The van der Waals surface area contributed by atoms with Crippen molar-refractivity contribution in [2.75, 3.05) is 0 Å². The highest BCUT2D eigenvalue weighted by molar-refractivity contribution is 5.77. The van der Waals surface area contributed by atoms with Gasteiger partial charge in [0, 0.05) is 18.1 Å². The summed E-state index contributed by atoms with van der Waals surface area (Å²) in [6.07, 6.45) is 4.14. The Hall–Kier alpha value is -3.99. The zero-order chi connectivity index (χ0) is 19.6. The molecule has 0 fully saturated rings. The quantitative estimate of drug-likeness (QED) is 0.357. The highest BCUT2D eigenvalue weighted by atomic mass is 16.4. The van der Waals surface area contributed by atoms with Crippen LogP contribution in [0.1, 0.15) is 17.0 Å². The van der Waals surface area contributed by atoms with Gasteiger partial charge in [0.1, 0.15) is 5.52 Å². The van der Waals surface area contributed by atoms with E-state index in [2.05, 4.69) is 39.5 Å². The van der Waals surface area contributed by atoms with Crippen molar-refractivity contribution in [1.82, 2.24) is 15.2 Å². The molecule has 3 aromatic carbocycles. The third-order valence-corrected chi connectivity index (χ3v) is 4.60. The minimum atomic E-state index is 0.535. The van der Waals surface area contributed by atoms with E-state index in [0.29, 0.717) is 17.7 Å². The highest BCUT2D eigenvalue weighted by Crippen LogP contribution is 2.25. The third-order valence-electron chi connectivity index (χ3n) is 4.60. The van der Waals surface area contributed by atoms with E-state index in [1.807, 2.05) is 60.7 Å². The second-order valence-electron chi connectivity index (χ2n) is 6.69. The van der Waals surface area contributed by atoms with Crippen LogP contribution in [-0.4, -0.2) is 15.2 Å². The summed E-state index contributed by atoms with van der Waals surface area (Å²) in [6, 6.07) is 23.9. The van der Waals surface area contributed by atoms with Gasteiger partial charge in [-0.3, -0.25) is 0 Å². The first-order chi connectivity index (χ1) is 14.2. The fourth-order valence-electron chi connectivity index (χ4n) is 3.07. The number of hydrogen-bond donors (Lipinski definition) is 0. The second kappa shape index (κ2) is 7.20. The molecule has 0 amide bonds. The van der Waals surface area contributed by atoms with Crippen LogP contribution in [-0.2, 0) is 0 Å². The van der Waals surface area contributed by atoms with Crippen molar-refractivity contribution in [3.63, 3.8) is 0 Å². The molecule has 0 radical (unpaired) electrons. The summed E-state index contributed by atoms with van der Waals surface area (Å²) < 4.78 is 11.3. The Morgan fingerprint density at radius 3 is 1.86 bits per heavy atom. The van der Waals surface area contributed by atoms with E-state index in [-0.39, 0.29) is 0 Å². The number of nitrogens with zero attached hydrogens (tertiary/aromatic N) is 3. The summed E-state index contributed by atoms with van der Waals surface area (Å²) in [5.74, 6) is 1.73. The molecule has 5 aromatic rings.